The van der Waals surface area contributed by atoms with Gasteiger partial charge in [-0.3, -0.25) is 9.78 Å². The maximum absolute atomic E-state index is 12.8. The minimum Gasteiger partial charge on any atom is -0.344 e. The normalized spacial score (nSPS) is 21.7. The number of carbonyl (C=O) groups excluding carboxylic acids is 1. The smallest absolute Gasteiger partial charge is 0.344 e. The number of halogens is 3. The molecule has 0 bridgehead atoms. The van der Waals surface area contributed by atoms with E-state index in [1.807, 2.05) is 0 Å². The fourth-order valence-corrected chi connectivity index (χ4v) is 3.17. The van der Waals surface area contributed by atoms with E-state index in [4.69, 9.17) is 4.52 Å². The number of hydrogen-bond donors (Lipinski definition) is 1. The summed E-state index contributed by atoms with van der Waals surface area (Å²) in [6.45, 7) is 3.88. The van der Waals surface area contributed by atoms with Gasteiger partial charge in [0.1, 0.15) is 11.7 Å². The minimum absolute atomic E-state index is 0.0190. The molecule has 1 amide bonds. The van der Waals surface area contributed by atoms with Gasteiger partial charge in [0.2, 0.25) is 17.6 Å². The van der Waals surface area contributed by atoms with E-state index in [1.165, 1.54) is 6.07 Å². The van der Waals surface area contributed by atoms with Gasteiger partial charge in [-0.1, -0.05) is 12.1 Å². The Hall–Kier alpha value is -2.45. The van der Waals surface area contributed by atoms with E-state index in [9.17, 15) is 18.0 Å². The third-order valence-corrected chi connectivity index (χ3v) is 4.87. The molecule has 1 N–H and O–H groups in total. The highest BCUT2D eigenvalue weighted by atomic mass is 19.4. The van der Waals surface area contributed by atoms with Crippen molar-refractivity contribution in [2.24, 2.45) is 11.8 Å². The quantitative estimate of drug-likeness (QED) is 0.859. The SMILES string of the molecule is C[C@H](NC(=O)[C@H]1CC[C@H](C)CC1)c1nc(-c2ccnc(C(F)(F)F)c2)no1. The molecule has 1 aliphatic carbocycles. The Morgan fingerprint density at radius 3 is 2.67 bits per heavy atom. The maximum atomic E-state index is 12.8. The lowest BCUT2D eigenvalue weighted by atomic mass is 9.82. The molecule has 1 saturated carbocycles. The van der Waals surface area contributed by atoms with E-state index in [0.717, 1.165) is 37.9 Å². The third-order valence-electron chi connectivity index (χ3n) is 4.87. The molecule has 0 spiro atoms. The summed E-state index contributed by atoms with van der Waals surface area (Å²) in [6, 6.07) is 1.71. The van der Waals surface area contributed by atoms with E-state index in [2.05, 4.69) is 27.4 Å². The van der Waals surface area contributed by atoms with Gasteiger partial charge < -0.3 is 9.84 Å². The monoisotopic (exact) mass is 382 g/mol. The standard InChI is InChI=1S/C18H21F3N4O2/c1-10-3-5-12(6-4-10)16(26)23-11(2)17-24-15(25-27-17)13-7-8-22-14(9-13)18(19,20)21/h7-12H,3-6H2,1-2H3,(H,23,26)/t10-,11-,12-/m0/s1. The molecule has 6 nitrogen and oxygen atoms in total. The van der Waals surface area contributed by atoms with E-state index in [-0.39, 0.29) is 29.1 Å². The first-order valence-electron chi connectivity index (χ1n) is 8.91. The van der Waals surface area contributed by atoms with Crippen LogP contribution in [0.1, 0.15) is 57.2 Å². The van der Waals surface area contributed by atoms with Crippen LogP contribution in [0.5, 0.6) is 0 Å². The number of carbonyl (C=O) groups is 1. The first kappa shape index (κ1) is 19.3. The lowest BCUT2D eigenvalue weighted by Gasteiger charge is -2.26. The zero-order chi connectivity index (χ0) is 19.6. The van der Waals surface area contributed by atoms with Crippen molar-refractivity contribution >= 4 is 5.91 Å². The molecule has 1 atom stereocenters. The molecule has 0 saturated heterocycles. The lowest BCUT2D eigenvalue weighted by Crippen LogP contribution is -2.34. The maximum Gasteiger partial charge on any atom is 0.433 e. The van der Waals surface area contributed by atoms with Crippen LogP contribution in [0.3, 0.4) is 0 Å². The van der Waals surface area contributed by atoms with Gasteiger partial charge in [0.25, 0.3) is 0 Å². The highest BCUT2D eigenvalue weighted by Gasteiger charge is 2.33. The van der Waals surface area contributed by atoms with Crippen molar-refractivity contribution in [2.45, 2.75) is 51.7 Å². The Morgan fingerprint density at radius 2 is 2.00 bits per heavy atom. The van der Waals surface area contributed by atoms with Crippen LogP contribution in [0.2, 0.25) is 0 Å². The van der Waals surface area contributed by atoms with Crippen molar-refractivity contribution < 1.29 is 22.5 Å². The second kappa shape index (κ2) is 7.66. The average Bonchev–Trinajstić information content (AvgIpc) is 3.12. The van der Waals surface area contributed by atoms with E-state index in [1.54, 1.807) is 6.92 Å². The molecule has 0 aromatic carbocycles. The van der Waals surface area contributed by atoms with Crippen LogP contribution >= 0.6 is 0 Å². The number of alkyl halides is 3. The fraction of sp³-hybridized carbons (Fsp3) is 0.556. The summed E-state index contributed by atoms with van der Waals surface area (Å²) in [5, 5.41) is 6.58. The molecule has 0 unspecified atom stereocenters. The number of rotatable bonds is 4. The largest absolute Gasteiger partial charge is 0.433 e. The molecule has 3 rings (SSSR count). The number of pyridine rings is 1. The molecule has 2 aromatic heterocycles. The molecule has 0 radical (unpaired) electrons. The minimum atomic E-state index is -4.55. The van der Waals surface area contributed by atoms with Crippen LogP contribution in [0.25, 0.3) is 11.4 Å². The summed E-state index contributed by atoms with van der Waals surface area (Å²) in [4.78, 5) is 19.8. The van der Waals surface area contributed by atoms with Gasteiger partial charge in [-0.2, -0.15) is 18.2 Å². The molecule has 27 heavy (non-hydrogen) atoms. The fourth-order valence-electron chi connectivity index (χ4n) is 3.17. The zero-order valence-corrected chi connectivity index (χ0v) is 15.1. The van der Waals surface area contributed by atoms with Crippen molar-refractivity contribution in [2.75, 3.05) is 0 Å². The molecule has 9 heteroatoms. The number of amides is 1. The van der Waals surface area contributed by atoms with Gasteiger partial charge in [0.15, 0.2) is 0 Å². The van der Waals surface area contributed by atoms with Gasteiger partial charge in [-0.15, -0.1) is 0 Å². The highest BCUT2D eigenvalue weighted by molar-refractivity contribution is 5.79. The molecule has 1 fully saturated rings. The predicted octanol–water partition coefficient (Wildman–Crippen LogP) is 4.15. The summed E-state index contributed by atoms with van der Waals surface area (Å²) in [5.41, 5.74) is -0.883. The van der Waals surface area contributed by atoms with Crippen molar-refractivity contribution in [1.29, 1.82) is 0 Å². The summed E-state index contributed by atoms with van der Waals surface area (Å²) in [6.07, 6.45) is 0.254. The zero-order valence-electron chi connectivity index (χ0n) is 15.1. The van der Waals surface area contributed by atoms with Gasteiger partial charge in [0, 0.05) is 17.7 Å². The first-order chi connectivity index (χ1) is 12.7. The Morgan fingerprint density at radius 1 is 1.30 bits per heavy atom. The summed E-state index contributed by atoms with van der Waals surface area (Å²) < 4.78 is 43.5. The van der Waals surface area contributed by atoms with Crippen molar-refractivity contribution in [3.8, 4) is 11.4 Å². The second-order valence-electron chi connectivity index (χ2n) is 7.07. The van der Waals surface area contributed by atoms with Crippen molar-refractivity contribution in [3.63, 3.8) is 0 Å². The molecular formula is C18H21F3N4O2. The number of aromatic nitrogens is 3. The Kier molecular flexibility index (Phi) is 5.48. The highest BCUT2D eigenvalue weighted by Crippen LogP contribution is 2.31. The Balaban J connectivity index is 1.67. The van der Waals surface area contributed by atoms with Gasteiger partial charge >= 0.3 is 6.18 Å². The van der Waals surface area contributed by atoms with Crippen LogP contribution in [0.15, 0.2) is 22.9 Å². The summed E-state index contributed by atoms with van der Waals surface area (Å²) >= 11 is 0. The van der Waals surface area contributed by atoms with Crippen LogP contribution in [-0.4, -0.2) is 21.0 Å². The van der Waals surface area contributed by atoms with Gasteiger partial charge in [0.05, 0.1) is 0 Å². The van der Waals surface area contributed by atoms with Crippen LogP contribution < -0.4 is 5.32 Å². The molecule has 0 aliphatic heterocycles. The molecule has 1 aliphatic rings. The molecule has 2 heterocycles. The third kappa shape index (κ3) is 4.64. The van der Waals surface area contributed by atoms with Crippen molar-refractivity contribution in [3.05, 3.63) is 29.9 Å². The summed E-state index contributed by atoms with van der Waals surface area (Å²) in [7, 11) is 0. The predicted molar refractivity (Wildman–Crippen MR) is 90.2 cm³/mol. The lowest BCUT2D eigenvalue weighted by molar-refractivity contribution is -0.141. The van der Waals surface area contributed by atoms with Gasteiger partial charge in [-0.25, -0.2) is 0 Å². The topological polar surface area (TPSA) is 80.9 Å². The average molecular weight is 382 g/mol. The van der Waals surface area contributed by atoms with Gasteiger partial charge in [-0.05, 0) is 50.7 Å². The van der Waals surface area contributed by atoms with Crippen LogP contribution in [0.4, 0.5) is 13.2 Å². The summed E-state index contributed by atoms with van der Waals surface area (Å²) in [5.74, 6) is 0.725. The van der Waals surface area contributed by atoms with E-state index in [0.29, 0.717) is 5.92 Å². The molecule has 2 aromatic rings. The number of nitrogens with zero attached hydrogens (tertiary/aromatic N) is 3. The number of nitrogens with one attached hydrogen (secondary N) is 1. The van der Waals surface area contributed by atoms with E-state index < -0.39 is 17.9 Å². The first-order valence-corrected chi connectivity index (χ1v) is 8.91. The van der Waals surface area contributed by atoms with Crippen LogP contribution in [0, 0.1) is 11.8 Å². The molecular weight excluding hydrogens is 361 g/mol. The Bertz CT molecular complexity index is 798. The van der Waals surface area contributed by atoms with Crippen molar-refractivity contribution in [1.82, 2.24) is 20.4 Å². The van der Waals surface area contributed by atoms with E-state index >= 15 is 0 Å². The Labute approximate surface area is 154 Å². The van der Waals surface area contributed by atoms with Crippen LogP contribution in [-0.2, 0) is 11.0 Å². The number of hydrogen-bond acceptors (Lipinski definition) is 5. The second-order valence-corrected chi connectivity index (χ2v) is 7.07. The molecule has 146 valence electrons.